The first-order chi connectivity index (χ1) is 12.0. The lowest BCUT2D eigenvalue weighted by Crippen LogP contribution is -2.21. The first-order valence-corrected chi connectivity index (χ1v) is 7.56. The molecule has 2 aromatic heterocycles. The summed E-state index contributed by atoms with van der Waals surface area (Å²) in [6.07, 6.45) is -0.334. The van der Waals surface area contributed by atoms with Gasteiger partial charge in [-0.2, -0.15) is 0 Å². The van der Waals surface area contributed by atoms with Crippen LogP contribution in [-0.2, 0) is 16.0 Å². The van der Waals surface area contributed by atoms with Crippen molar-refractivity contribution in [2.45, 2.75) is 6.42 Å². The standard InChI is InChI=1S/C18H12N2O5/c1-25-15(21)9-13-12-7-4-6-11-10-5-2-3-8-14(10)19(16(11)12)18(22)17(13)20(23)24/h2-8H,9H2,1H3. The van der Waals surface area contributed by atoms with Crippen LogP contribution in [0.4, 0.5) is 5.69 Å². The van der Waals surface area contributed by atoms with Crippen LogP contribution in [-0.4, -0.2) is 22.4 Å². The maximum absolute atomic E-state index is 12.9. The van der Waals surface area contributed by atoms with Crippen molar-refractivity contribution in [3.05, 3.63) is 68.5 Å². The van der Waals surface area contributed by atoms with E-state index in [4.69, 9.17) is 0 Å². The summed E-state index contributed by atoms with van der Waals surface area (Å²) < 4.78 is 6.01. The van der Waals surface area contributed by atoms with Crippen molar-refractivity contribution >= 4 is 38.8 Å². The van der Waals surface area contributed by atoms with Crippen LogP contribution in [0, 0.1) is 10.1 Å². The topological polar surface area (TPSA) is 90.9 Å². The number of esters is 1. The maximum atomic E-state index is 12.9. The Morgan fingerprint density at radius 1 is 1.12 bits per heavy atom. The molecule has 0 aliphatic heterocycles. The summed E-state index contributed by atoms with van der Waals surface area (Å²) in [6.45, 7) is 0. The zero-order valence-electron chi connectivity index (χ0n) is 13.2. The van der Waals surface area contributed by atoms with Gasteiger partial charge in [-0.1, -0.05) is 36.4 Å². The molecule has 7 heteroatoms. The van der Waals surface area contributed by atoms with E-state index >= 15 is 0 Å². The van der Waals surface area contributed by atoms with Gasteiger partial charge in [0.15, 0.2) is 0 Å². The van der Waals surface area contributed by atoms with Crippen molar-refractivity contribution in [1.29, 1.82) is 0 Å². The van der Waals surface area contributed by atoms with Gasteiger partial charge in [0.2, 0.25) is 0 Å². The zero-order valence-corrected chi connectivity index (χ0v) is 13.2. The number of benzene rings is 2. The Balaban J connectivity index is 2.30. The largest absolute Gasteiger partial charge is 0.469 e. The SMILES string of the molecule is COC(=O)Cc1c([N+](=O)[O-])c(=O)n2c3ccccc3c3cccc1c32. The number of pyridine rings is 1. The van der Waals surface area contributed by atoms with E-state index in [9.17, 15) is 19.7 Å². The van der Waals surface area contributed by atoms with Gasteiger partial charge < -0.3 is 4.74 Å². The second-order valence-corrected chi connectivity index (χ2v) is 5.70. The van der Waals surface area contributed by atoms with E-state index in [1.54, 1.807) is 24.3 Å². The number of nitro groups is 1. The summed E-state index contributed by atoms with van der Waals surface area (Å²) in [4.78, 5) is 35.5. The molecule has 25 heavy (non-hydrogen) atoms. The van der Waals surface area contributed by atoms with Gasteiger partial charge in [0, 0.05) is 16.2 Å². The van der Waals surface area contributed by atoms with Crippen LogP contribution in [0.5, 0.6) is 0 Å². The molecule has 0 saturated heterocycles. The zero-order chi connectivity index (χ0) is 17.7. The average Bonchev–Trinajstić information content (AvgIpc) is 2.95. The molecule has 0 amide bonds. The lowest BCUT2D eigenvalue weighted by Gasteiger charge is -2.08. The molecule has 0 bridgehead atoms. The Labute approximate surface area is 140 Å². The van der Waals surface area contributed by atoms with Crippen molar-refractivity contribution < 1.29 is 14.5 Å². The molecule has 124 valence electrons. The number of hydrogen-bond acceptors (Lipinski definition) is 5. The minimum absolute atomic E-state index is 0.0859. The highest BCUT2D eigenvalue weighted by molar-refractivity contribution is 6.15. The van der Waals surface area contributed by atoms with E-state index in [2.05, 4.69) is 4.74 Å². The van der Waals surface area contributed by atoms with Gasteiger partial charge in [0.25, 0.3) is 0 Å². The molecule has 0 fully saturated rings. The number of carbonyl (C=O) groups is 1. The Morgan fingerprint density at radius 2 is 1.80 bits per heavy atom. The second-order valence-electron chi connectivity index (χ2n) is 5.70. The highest BCUT2D eigenvalue weighted by Gasteiger charge is 2.28. The Morgan fingerprint density at radius 3 is 2.52 bits per heavy atom. The molecule has 0 saturated carbocycles. The van der Waals surface area contributed by atoms with Gasteiger partial charge in [-0.25, -0.2) is 0 Å². The lowest BCUT2D eigenvalue weighted by molar-refractivity contribution is -0.386. The van der Waals surface area contributed by atoms with Gasteiger partial charge in [0.05, 0.1) is 35.1 Å². The lowest BCUT2D eigenvalue weighted by atomic mass is 10.0. The third kappa shape index (κ3) is 1.99. The molecule has 7 nitrogen and oxygen atoms in total. The molecule has 0 unspecified atom stereocenters. The van der Waals surface area contributed by atoms with Crippen LogP contribution in [0.3, 0.4) is 0 Å². The number of fused-ring (bicyclic) bond motifs is 3. The monoisotopic (exact) mass is 336 g/mol. The summed E-state index contributed by atoms with van der Waals surface area (Å²) in [6, 6.07) is 12.5. The van der Waals surface area contributed by atoms with E-state index in [0.29, 0.717) is 16.4 Å². The van der Waals surface area contributed by atoms with Crippen LogP contribution >= 0.6 is 0 Å². The van der Waals surface area contributed by atoms with Crippen LogP contribution in [0.1, 0.15) is 5.56 Å². The van der Waals surface area contributed by atoms with Gasteiger partial charge in [-0.05, 0) is 6.07 Å². The highest BCUT2D eigenvalue weighted by atomic mass is 16.6. The molecule has 0 aliphatic rings. The van der Waals surface area contributed by atoms with Crippen molar-refractivity contribution in [2.24, 2.45) is 0 Å². The molecule has 0 atom stereocenters. The van der Waals surface area contributed by atoms with Gasteiger partial charge >= 0.3 is 17.2 Å². The Bertz CT molecular complexity index is 1230. The number of nitrogens with zero attached hydrogens (tertiary/aromatic N) is 2. The fourth-order valence-electron chi connectivity index (χ4n) is 3.42. The third-order valence-corrected chi connectivity index (χ3v) is 4.44. The smallest absolute Gasteiger partial charge is 0.338 e. The first-order valence-electron chi connectivity index (χ1n) is 7.56. The van der Waals surface area contributed by atoms with Crippen LogP contribution in [0.2, 0.25) is 0 Å². The van der Waals surface area contributed by atoms with Crippen molar-refractivity contribution in [1.82, 2.24) is 4.40 Å². The van der Waals surface area contributed by atoms with E-state index in [-0.39, 0.29) is 12.0 Å². The second kappa shape index (κ2) is 5.27. The minimum atomic E-state index is -0.742. The van der Waals surface area contributed by atoms with Crippen molar-refractivity contribution in [3.63, 3.8) is 0 Å². The maximum Gasteiger partial charge on any atom is 0.338 e. The van der Waals surface area contributed by atoms with E-state index < -0.39 is 22.1 Å². The van der Waals surface area contributed by atoms with E-state index in [1.165, 1.54) is 11.5 Å². The fourth-order valence-corrected chi connectivity index (χ4v) is 3.42. The summed E-state index contributed by atoms with van der Waals surface area (Å²) in [5.41, 5.74) is -0.0621. The van der Waals surface area contributed by atoms with Crippen molar-refractivity contribution in [3.8, 4) is 0 Å². The number of aromatic nitrogens is 1. The number of hydrogen-bond donors (Lipinski definition) is 0. The van der Waals surface area contributed by atoms with Gasteiger partial charge in [0.1, 0.15) is 0 Å². The average molecular weight is 336 g/mol. The molecule has 4 aromatic rings. The summed E-state index contributed by atoms with van der Waals surface area (Å²) in [5, 5.41) is 13.7. The van der Waals surface area contributed by atoms with Crippen LogP contribution in [0.25, 0.3) is 27.2 Å². The molecule has 0 spiro atoms. The summed E-state index contributed by atoms with van der Waals surface area (Å²) in [5.74, 6) is -0.635. The van der Waals surface area contributed by atoms with Gasteiger partial charge in [-0.3, -0.25) is 24.1 Å². The molecular weight excluding hydrogens is 324 g/mol. The molecule has 4 rings (SSSR count). The predicted molar refractivity (Wildman–Crippen MR) is 92.2 cm³/mol. The predicted octanol–water partition coefficient (Wildman–Crippen LogP) is 2.67. The normalized spacial score (nSPS) is 11.4. The van der Waals surface area contributed by atoms with Crippen LogP contribution < -0.4 is 5.56 Å². The summed E-state index contributed by atoms with van der Waals surface area (Å²) >= 11 is 0. The van der Waals surface area contributed by atoms with Crippen molar-refractivity contribution in [2.75, 3.05) is 7.11 Å². The highest BCUT2D eigenvalue weighted by Crippen LogP contribution is 2.34. The number of ether oxygens (including phenoxy) is 1. The summed E-state index contributed by atoms with van der Waals surface area (Å²) in [7, 11) is 1.21. The molecular formula is C18H12N2O5. The number of methoxy groups -OCH3 is 1. The van der Waals surface area contributed by atoms with Gasteiger partial charge in [-0.15, -0.1) is 0 Å². The number of rotatable bonds is 3. The third-order valence-electron chi connectivity index (χ3n) is 4.44. The van der Waals surface area contributed by atoms with E-state index in [0.717, 1.165) is 10.8 Å². The minimum Gasteiger partial charge on any atom is -0.469 e. The number of para-hydroxylation sites is 2. The Hall–Kier alpha value is -3.48. The molecule has 0 radical (unpaired) electrons. The molecule has 2 aromatic carbocycles. The van der Waals surface area contributed by atoms with Crippen LogP contribution in [0.15, 0.2) is 47.3 Å². The number of carbonyl (C=O) groups excluding carboxylic acids is 1. The molecule has 0 aliphatic carbocycles. The quantitative estimate of drug-likeness (QED) is 0.326. The Kier molecular flexibility index (Phi) is 3.18. The van der Waals surface area contributed by atoms with E-state index in [1.807, 2.05) is 18.2 Å². The fraction of sp³-hybridized carbons (Fsp3) is 0.111. The first kappa shape index (κ1) is 15.1. The molecule has 2 heterocycles. The molecule has 0 N–H and O–H groups in total.